The van der Waals surface area contributed by atoms with Crippen LogP contribution in [0.3, 0.4) is 0 Å². The molecule has 2 aliphatic rings. The molecule has 0 saturated carbocycles. The average molecular weight is 436 g/mol. The third kappa shape index (κ3) is 3.44. The van der Waals surface area contributed by atoms with Gasteiger partial charge in [-0.3, -0.25) is 9.78 Å². The van der Waals surface area contributed by atoms with Crippen molar-refractivity contribution >= 4 is 52.3 Å². The second-order valence-electron chi connectivity index (χ2n) is 7.52. The van der Waals surface area contributed by atoms with Crippen molar-refractivity contribution < 1.29 is 14.5 Å². The molecule has 2 aromatic rings. The molecule has 0 saturated heterocycles. The number of benzene rings is 1. The zero-order chi connectivity index (χ0) is 20.0. The molecule has 2 aliphatic heterocycles. The second kappa shape index (κ2) is 7.69. The van der Waals surface area contributed by atoms with Crippen LogP contribution in [0.15, 0.2) is 35.4 Å². The molecule has 28 heavy (non-hydrogen) atoms. The first kappa shape index (κ1) is 19.7. The van der Waals surface area contributed by atoms with Crippen molar-refractivity contribution in [2.24, 2.45) is 5.92 Å². The Morgan fingerprint density at radius 2 is 2.11 bits per heavy atom. The van der Waals surface area contributed by atoms with E-state index in [4.69, 9.17) is 23.2 Å². The molecular weight excluding hydrogens is 415 g/mol. The Hall–Kier alpha value is -1.56. The van der Waals surface area contributed by atoms with E-state index >= 15 is 0 Å². The predicted octanol–water partition coefficient (Wildman–Crippen LogP) is 5.94. The van der Waals surface area contributed by atoms with E-state index in [9.17, 15) is 9.90 Å². The number of aliphatic carboxylic acids is 1. The average Bonchev–Trinajstić information content (AvgIpc) is 3.17. The number of fused-ring (bicyclic) bond motifs is 2. The summed E-state index contributed by atoms with van der Waals surface area (Å²) >= 11 is 14.0. The molecule has 7 heteroatoms. The van der Waals surface area contributed by atoms with Gasteiger partial charge in [0, 0.05) is 23.6 Å². The van der Waals surface area contributed by atoms with Crippen molar-refractivity contribution in [3.8, 4) is 0 Å². The van der Waals surface area contributed by atoms with Gasteiger partial charge in [0.25, 0.3) is 0 Å². The zero-order valence-electron chi connectivity index (χ0n) is 15.7. The van der Waals surface area contributed by atoms with Crippen LogP contribution in [0.5, 0.6) is 0 Å². The van der Waals surface area contributed by atoms with Crippen LogP contribution in [0, 0.1) is 5.92 Å². The highest BCUT2D eigenvalue weighted by Gasteiger charge is 2.49. The Balaban J connectivity index is 1.81. The molecule has 1 N–H and O–H groups in total. The van der Waals surface area contributed by atoms with Gasteiger partial charge >= 0.3 is 5.97 Å². The van der Waals surface area contributed by atoms with Crippen LogP contribution in [-0.2, 0) is 4.79 Å². The monoisotopic (exact) mass is 435 g/mol. The van der Waals surface area contributed by atoms with Gasteiger partial charge in [-0.05, 0) is 24.1 Å². The largest absolute Gasteiger partial charge is 0.481 e. The summed E-state index contributed by atoms with van der Waals surface area (Å²) in [4.78, 5) is 17.1. The number of carbonyl (C=O) groups is 1. The predicted molar refractivity (Wildman–Crippen MR) is 114 cm³/mol. The van der Waals surface area contributed by atoms with Crippen LogP contribution in [0.1, 0.15) is 49.1 Å². The normalized spacial score (nSPS) is 20.6. The number of carboxylic acid groups (broad SMARTS) is 1. The molecule has 146 valence electrons. The van der Waals surface area contributed by atoms with E-state index in [0.717, 1.165) is 23.6 Å². The van der Waals surface area contributed by atoms with Crippen LogP contribution in [-0.4, -0.2) is 32.9 Å². The Labute approximate surface area is 178 Å². The summed E-state index contributed by atoms with van der Waals surface area (Å²) in [5.74, 6) is -0.439. The highest BCUT2D eigenvalue weighted by atomic mass is 35.5. The topological polar surface area (TPSA) is 53.2 Å². The number of aromatic nitrogens is 1. The lowest BCUT2D eigenvalue weighted by Gasteiger charge is -2.18. The third-order valence-electron chi connectivity index (χ3n) is 5.36. The minimum Gasteiger partial charge on any atom is -0.481 e. The van der Waals surface area contributed by atoms with Crippen molar-refractivity contribution in [2.45, 2.75) is 42.8 Å². The maximum Gasteiger partial charge on any atom is 0.304 e. The van der Waals surface area contributed by atoms with Crippen LogP contribution in [0.2, 0.25) is 10.0 Å². The van der Waals surface area contributed by atoms with Crippen LogP contribution < -0.4 is 0 Å². The van der Waals surface area contributed by atoms with Gasteiger partial charge in [0.15, 0.2) is 5.71 Å². The van der Waals surface area contributed by atoms with Gasteiger partial charge in [-0.1, -0.05) is 37.0 Å². The van der Waals surface area contributed by atoms with Crippen molar-refractivity contribution in [1.82, 2.24) is 4.98 Å². The van der Waals surface area contributed by atoms with Gasteiger partial charge in [-0.2, -0.15) is 4.58 Å². The zero-order valence-corrected chi connectivity index (χ0v) is 18.0. The van der Waals surface area contributed by atoms with E-state index in [0.29, 0.717) is 10.0 Å². The van der Waals surface area contributed by atoms with Gasteiger partial charge < -0.3 is 5.11 Å². The molecule has 0 amide bonds. The number of halogens is 2. The lowest BCUT2D eigenvalue weighted by Crippen LogP contribution is -2.20. The maximum absolute atomic E-state index is 11.5. The molecule has 1 aromatic carbocycles. The molecule has 2 atom stereocenters. The lowest BCUT2D eigenvalue weighted by atomic mass is 9.91. The van der Waals surface area contributed by atoms with E-state index in [1.165, 1.54) is 17.0 Å². The molecule has 0 spiro atoms. The summed E-state index contributed by atoms with van der Waals surface area (Å²) < 4.78 is 2.31. The number of nitrogens with zero attached hydrogens (tertiary/aromatic N) is 2. The smallest absolute Gasteiger partial charge is 0.304 e. The molecule has 1 unspecified atom stereocenters. The number of rotatable bonds is 5. The summed E-state index contributed by atoms with van der Waals surface area (Å²) in [6.45, 7) is 5.14. The standard InChI is InChI=1S/C21H20Cl2N2O2S/c1-11(2)19-18-16(5-7-24-19)25-8-6-12(9-17(26)27)20(25)21(18)28-13-3-4-14(22)15(23)10-13/h3-5,7,10-12,21H,6,8-9H2,1-2H3/p+1/t12-,21?/m1/s1. The molecule has 1 aromatic heterocycles. The number of pyridine rings is 1. The van der Waals surface area contributed by atoms with E-state index in [2.05, 4.69) is 29.5 Å². The van der Waals surface area contributed by atoms with Gasteiger partial charge in [-0.15, -0.1) is 11.8 Å². The molecule has 0 radical (unpaired) electrons. The van der Waals surface area contributed by atoms with Crippen molar-refractivity contribution in [3.05, 3.63) is 51.8 Å². The van der Waals surface area contributed by atoms with Crippen molar-refractivity contribution in [1.29, 1.82) is 0 Å². The van der Waals surface area contributed by atoms with E-state index in [1.54, 1.807) is 17.8 Å². The Bertz CT molecular complexity index is 990. The summed E-state index contributed by atoms with van der Waals surface area (Å²) in [6, 6.07) is 7.71. The van der Waals surface area contributed by atoms with E-state index in [-0.39, 0.29) is 23.5 Å². The van der Waals surface area contributed by atoms with Crippen molar-refractivity contribution in [3.63, 3.8) is 0 Å². The van der Waals surface area contributed by atoms with Crippen LogP contribution >= 0.6 is 35.0 Å². The SMILES string of the molecule is CC(C)c1nccc2c1C(Sc1ccc(Cl)c(Cl)c1)C1=[N+]2CC[C@@H]1CC(=O)O. The van der Waals surface area contributed by atoms with E-state index < -0.39 is 5.97 Å². The first-order chi connectivity index (χ1) is 13.4. The lowest BCUT2D eigenvalue weighted by molar-refractivity contribution is -0.428. The number of thioether (sulfide) groups is 1. The summed E-state index contributed by atoms with van der Waals surface area (Å²) in [7, 11) is 0. The summed E-state index contributed by atoms with van der Waals surface area (Å²) in [6.07, 6.45) is 2.88. The Kier molecular flexibility index (Phi) is 5.43. The minimum absolute atomic E-state index is 0.0326. The van der Waals surface area contributed by atoms with E-state index in [1.807, 2.05) is 18.3 Å². The van der Waals surface area contributed by atoms with Crippen molar-refractivity contribution in [2.75, 3.05) is 6.54 Å². The first-order valence-electron chi connectivity index (χ1n) is 9.33. The van der Waals surface area contributed by atoms with Crippen LogP contribution in [0.4, 0.5) is 5.69 Å². The number of carboxylic acids is 1. The van der Waals surface area contributed by atoms with Crippen LogP contribution in [0.25, 0.3) is 0 Å². The molecule has 0 bridgehead atoms. The molecule has 3 heterocycles. The number of hydrogen-bond donors (Lipinski definition) is 1. The molecule has 0 fully saturated rings. The highest BCUT2D eigenvalue weighted by molar-refractivity contribution is 8.00. The fourth-order valence-corrected chi connectivity index (χ4v) is 5.98. The third-order valence-corrected chi connectivity index (χ3v) is 7.34. The molecule has 4 rings (SSSR count). The van der Waals surface area contributed by atoms with Gasteiger partial charge in [-0.25, -0.2) is 0 Å². The Morgan fingerprint density at radius 3 is 2.79 bits per heavy atom. The number of hydrogen-bond acceptors (Lipinski definition) is 3. The highest BCUT2D eigenvalue weighted by Crippen LogP contribution is 2.51. The molecule has 0 aliphatic carbocycles. The summed E-state index contributed by atoms with van der Waals surface area (Å²) in [5.41, 5.74) is 4.63. The minimum atomic E-state index is -0.754. The fourth-order valence-electron chi connectivity index (χ4n) is 4.21. The second-order valence-corrected chi connectivity index (χ2v) is 9.51. The van der Waals surface area contributed by atoms with Gasteiger partial charge in [0.2, 0.25) is 5.69 Å². The fraction of sp³-hybridized carbons (Fsp3) is 0.381. The first-order valence-corrected chi connectivity index (χ1v) is 11.0. The van der Waals surface area contributed by atoms with Gasteiger partial charge in [0.1, 0.15) is 11.8 Å². The summed E-state index contributed by atoms with van der Waals surface area (Å²) in [5, 5.41) is 10.5. The Morgan fingerprint density at radius 1 is 1.32 bits per heavy atom. The maximum atomic E-state index is 11.5. The van der Waals surface area contributed by atoms with Gasteiger partial charge in [0.05, 0.1) is 33.6 Å². The quantitative estimate of drug-likeness (QED) is 0.590. The molecular formula is C21H21Cl2N2O2S+. The molecule has 4 nitrogen and oxygen atoms in total.